The Morgan fingerprint density at radius 2 is 2.00 bits per heavy atom. The number of hydrogen-bond acceptors (Lipinski definition) is 4. The highest BCUT2D eigenvalue weighted by atomic mass is 35.5. The molecule has 0 aliphatic rings. The Bertz CT molecular complexity index is 424. The van der Waals surface area contributed by atoms with Crippen molar-refractivity contribution in [1.82, 2.24) is 15.1 Å². The van der Waals surface area contributed by atoms with Crippen LogP contribution in [0.2, 0.25) is 10.3 Å². The summed E-state index contributed by atoms with van der Waals surface area (Å²) in [5, 5.41) is 10.7. The van der Waals surface area contributed by atoms with Gasteiger partial charge in [-0.05, 0) is 20.8 Å². The van der Waals surface area contributed by atoms with Gasteiger partial charge in [-0.25, -0.2) is 0 Å². The quantitative estimate of drug-likeness (QED) is 0.905. The van der Waals surface area contributed by atoms with E-state index in [0.717, 1.165) is 0 Å². The largest absolute Gasteiger partial charge is 0.371 e. The Morgan fingerprint density at radius 1 is 1.39 bits per heavy atom. The number of halogens is 2. The van der Waals surface area contributed by atoms with E-state index in [4.69, 9.17) is 23.2 Å². The maximum atomic E-state index is 12.1. The van der Waals surface area contributed by atoms with Gasteiger partial charge in [0, 0.05) is 19.2 Å². The van der Waals surface area contributed by atoms with Crippen molar-refractivity contribution in [2.24, 2.45) is 0 Å². The molecule has 0 aromatic carbocycles. The van der Waals surface area contributed by atoms with E-state index in [1.165, 1.54) is 0 Å². The third kappa shape index (κ3) is 3.71. The summed E-state index contributed by atoms with van der Waals surface area (Å²) in [6, 6.07) is 1.14. The molecule has 0 fully saturated rings. The lowest BCUT2D eigenvalue weighted by molar-refractivity contribution is -0.131. The van der Waals surface area contributed by atoms with Crippen LogP contribution in [0.15, 0.2) is 6.07 Å². The molecule has 0 saturated carbocycles. The average Bonchev–Trinajstić information content (AvgIpc) is 2.35. The summed E-state index contributed by atoms with van der Waals surface area (Å²) in [7, 11) is 0. The number of nitrogens with one attached hydrogen (secondary N) is 1. The monoisotopic (exact) mass is 290 g/mol. The highest BCUT2D eigenvalue weighted by Crippen LogP contribution is 2.21. The fourth-order valence-electron chi connectivity index (χ4n) is 1.56. The topological polar surface area (TPSA) is 58.1 Å². The molecule has 0 spiro atoms. The number of anilines is 1. The molecule has 1 N–H and O–H groups in total. The van der Waals surface area contributed by atoms with Gasteiger partial charge in [0.1, 0.15) is 6.04 Å². The first-order chi connectivity index (χ1) is 8.49. The van der Waals surface area contributed by atoms with Gasteiger partial charge in [0.25, 0.3) is 0 Å². The second-order valence-electron chi connectivity index (χ2n) is 3.75. The molecule has 1 aromatic heterocycles. The fraction of sp³-hybridized carbons (Fsp3) is 0.545. The van der Waals surface area contributed by atoms with E-state index in [9.17, 15) is 4.79 Å². The van der Waals surface area contributed by atoms with Crippen molar-refractivity contribution in [2.45, 2.75) is 26.8 Å². The van der Waals surface area contributed by atoms with Gasteiger partial charge < -0.3 is 10.2 Å². The minimum Gasteiger partial charge on any atom is -0.371 e. The molecule has 1 atom stereocenters. The molecule has 0 saturated heterocycles. The van der Waals surface area contributed by atoms with Gasteiger partial charge in [0.05, 0.1) is 5.69 Å². The molecule has 1 unspecified atom stereocenters. The first kappa shape index (κ1) is 15.0. The molecule has 0 bridgehead atoms. The van der Waals surface area contributed by atoms with Crippen LogP contribution in [-0.2, 0) is 4.79 Å². The predicted octanol–water partition coefficient (Wildman–Crippen LogP) is 2.45. The van der Waals surface area contributed by atoms with E-state index in [1.807, 2.05) is 13.8 Å². The number of nitrogens with zero attached hydrogens (tertiary/aromatic N) is 3. The zero-order valence-electron chi connectivity index (χ0n) is 10.6. The highest BCUT2D eigenvalue weighted by molar-refractivity contribution is 6.33. The molecule has 1 amide bonds. The number of likely N-dealkylation sites (N-methyl/N-ethyl adjacent to an activating group) is 1. The number of hydrogen-bond donors (Lipinski definition) is 1. The standard InChI is InChI=1S/C11H16Cl2N4O/c1-4-17(5-2)11(18)7(3)14-8-6-9(12)15-16-10(8)13/h6-7H,4-5H2,1-3H3,(H,14,15). The first-order valence-corrected chi connectivity index (χ1v) is 6.49. The van der Waals surface area contributed by atoms with Crippen molar-refractivity contribution < 1.29 is 4.79 Å². The molecular formula is C11H16Cl2N4O. The van der Waals surface area contributed by atoms with E-state index in [0.29, 0.717) is 18.8 Å². The first-order valence-electron chi connectivity index (χ1n) is 5.73. The molecule has 7 heteroatoms. The number of aromatic nitrogens is 2. The lowest BCUT2D eigenvalue weighted by Gasteiger charge is -2.24. The van der Waals surface area contributed by atoms with Crippen LogP contribution in [0.1, 0.15) is 20.8 Å². The van der Waals surface area contributed by atoms with Crippen LogP contribution in [0, 0.1) is 0 Å². The van der Waals surface area contributed by atoms with E-state index in [-0.39, 0.29) is 16.2 Å². The number of carbonyl (C=O) groups is 1. The maximum Gasteiger partial charge on any atom is 0.244 e. The number of rotatable bonds is 5. The van der Waals surface area contributed by atoms with Gasteiger partial charge in [-0.2, -0.15) is 0 Å². The Hall–Kier alpha value is -1.07. The average molecular weight is 291 g/mol. The van der Waals surface area contributed by atoms with Crippen molar-refractivity contribution in [1.29, 1.82) is 0 Å². The number of carbonyl (C=O) groups excluding carboxylic acids is 1. The molecule has 5 nitrogen and oxygen atoms in total. The van der Waals surface area contributed by atoms with Gasteiger partial charge in [0.15, 0.2) is 10.3 Å². The molecular weight excluding hydrogens is 275 g/mol. The van der Waals surface area contributed by atoms with Crippen molar-refractivity contribution >= 4 is 34.8 Å². The summed E-state index contributed by atoms with van der Waals surface area (Å²) in [6.07, 6.45) is 0. The summed E-state index contributed by atoms with van der Waals surface area (Å²) in [4.78, 5) is 13.8. The van der Waals surface area contributed by atoms with Gasteiger partial charge in [0.2, 0.25) is 5.91 Å². The Balaban J connectivity index is 2.77. The van der Waals surface area contributed by atoms with Gasteiger partial charge in [-0.1, -0.05) is 23.2 Å². The lowest BCUT2D eigenvalue weighted by Crippen LogP contribution is -2.41. The molecule has 0 radical (unpaired) electrons. The summed E-state index contributed by atoms with van der Waals surface area (Å²) in [5.41, 5.74) is 0.504. The van der Waals surface area contributed by atoms with Crippen molar-refractivity contribution in [3.05, 3.63) is 16.4 Å². The van der Waals surface area contributed by atoms with Crippen LogP contribution >= 0.6 is 23.2 Å². The van der Waals surface area contributed by atoms with Crippen molar-refractivity contribution in [3.8, 4) is 0 Å². The minimum atomic E-state index is -0.400. The van der Waals surface area contributed by atoms with E-state index in [2.05, 4.69) is 15.5 Å². The lowest BCUT2D eigenvalue weighted by atomic mass is 10.2. The molecule has 0 aliphatic heterocycles. The molecule has 1 heterocycles. The molecule has 1 aromatic rings. The Morgan fingerprint density at radius 3 is 2.56 bits per heavy atom. The van der Waals surface area contributed by atoms with Crippen LogP contribution in [0.3, 0.4) is 0 Å². The summed E-state index contributed by atoms with van der Waals surface area (Å²) in [5.74, 6) is 0.00370. The van der Waals surface area contributed by atoms with Crippen LogP contribution in [-0.4, -0.2) is 40.1 Å². The number of amides is 1. The van der Waals surface area contributed by atoms with Crippen molar-refractivity contribution in [2.75, 3.05) is 18.4 Å². The third-order valence-corrected chi connectivity index (χ3v) is 3.00. The molecule has 0 aliphatic carbocycles. The SMILES string of the molecule is CCN(CC)C(=O)C(C)Nc1cc(Cl)nnc1Cl. The molecule has 100 valence electrons. The normalized spacial score (nSPS) is 12.1. The third-order valence-electron chi connectivity index (χ3n) is 2.54. The maximum absolute atomic E-state index is 12.1. The fourth-order valence-corrected chi connectivity index (χ4v) is 1.85. The second-order valence-corrected chi connectivity index (χ2v) is 4.49. The predicted molar refractivity (Wildman–Crippen MR) is 73.1 cm³/mol. The van der Waals surface area contributed by atoms with Gasteiger partial charge >= 0.3 is 0 Å². The van der Waals surface area contributed by atoms with Gasteiger partial charge in [-0.3, -0.25) is 4.79 Å². The smallest absolute Gasteiger partial charge is 0.244 e. The molecule has 18 heavy (non-hydrogen) atoms. The highest BCUT2D eigenvalue weighted by Gasteiger charge is 2.19. The van der Waals surface area contributed by atoms with E-state index < -0.39 is 6.04 Å². The van der Waals surface area contributed by atoms with Crippen molar-refractivity contribution in [3.63, 3.8) is 0 Å². The zero-order chi connectivity index (χ0) is 13.7. The van der Waals surface area contributed by atoms with E-state index >= 15 is 0 Å². The van der Waals surface area contributed by atoms with Crippen LogP contribution in [0.5, 0.6) is 0 Å². The van der Waals surface area contributed by atoms with Crippen LogP contribution in [0.25, 0.3) is 0 Å². The summed E-state index contributed by atoms with van der Waals surface area (Å²) < 4.78 is 0. The van der Waals surface area contributed by atoms with Gasteiger partial charge in [-0.15, -0.1) is 10.2 Å². The summed E-state index contributed by atoms with van der Waals surface area (Å²) in [6.45, 7) is 6.98. The molecule has 1 rings (SSSR count). The van der Waals surface area contributed by atoms with Crippen LogP contribution in [0.4, 0.5) is 5.69 Å². The van der Waals surface area contributed by atoms with Crippen LogP contribution < -0.4 is 5.32 Å². The van der Waals surface area contributed by atoms with E-state index in [1.54, 1.807) is 17.9 Å². The Labute approximate surface area is 116 Å². The Kier molecular flexibility index (Phi) is 5.62. The summed E-state index contributed by atoms with van der Waals surface area (Å²) >= 11 is 11.6. The minimum absolute atomic E-state index is 0.00370. The second kappa shape index (κ2) is 6.75. The zero-order valence-corrected chi connectivity index (χ0v) is 12.1.